The topological polar surface area (TPSA) is 26.3 Å². The smallest absolute Gasteiger partial charge is 0.316 e. The molecule has 0 heterocycles. The predicted molar refractivity (Wildman–Crippen MR) is 58.3 cm³/mol. The average Bonchev–Trinajstić information content (AvgIpc) is 2.15. The largest absolute Gasteiger partial charge is 0.462 e. The van der Waals surface area contributed by atoms with Crippen LogP contribution in [0.4, 0.5) is 8.78 Å². The molecule has 0 fully saturated rings. The van der Waals surface area contributed by atoms with Crippen LogP contribution in [0.15, 0.2) is 23.1 Å². The van der Waals surface area contributed by atoms with Gasteiger partial charge in [-0.2, -0.15) is 0 Å². The van der Waals surface area contributed by atoms with Gasteiger partial charge in [0.05, 0.1) is 11.9 Å². The van der Waals surface area contributed by atoms with Crippen molar-refractivity contribution in [3.8, 4) is 0 Å². The Balaban J connectivity index is 2.51. The second-order valence-electron chi connectivity index (χ2n) is 3.40. The molecule has 0 aliphatic carbocycles. The average molecular weight is 246 g/mol. The zero-order chi connectivity index (χ0) is 12.1. The molecule has 1 aromatic carbocycles. The lowest BCUT2D eigenvalue weighted by Gasteiger charge is -2.07. The van der Waals surface area contributed by atoms with Crippen LogP contribution in [0, 0.1) is 11.6 Å². The quantitative estimate of drug-likeness (QED) is 0.603. The van der Waals surface area contributed by atoms with E-state index in [0.717, 1.165) is 23.9 Å². The Hall–Kier alpha value is -1.10. The molecule has 16 heavy (non-hydrogen) atoms. The first-order valence-corrected chi connectivity index (χ1v) is 5.75. The number of esters is 1. The number of halogens is 2. The maximum absolute atomic E-state index is 13.2. The van der Waals surface area contributed by atoms with Crippen molar-refractivity contribution in [2.45, 2.75) is 24.8 Å². The summed E-state index contributed by atoms with van der Waals surface area (Å²) in [6, 6.07) is 3.24. The van der Waals surface area contributed by atoms with Gasteiger partial charge in [0.1, 0.15) is 11.6 Å². The number of carbonyl (C=O) groups is 1. The van der Waals surface area contributed by atoms with Gasteiger partial charge in [-0.1, -0.05) is 0 Å². The van der Waals surface area contributed by atoms with Crippen LogP contribution in [0.5, 0.6) is 0 Å². The molecule has 0 aliphatic rings. The minimum absolute atomic E-state index is 0.0146. The molecule has 1 rings (SSSR count). The van der Waals surface area contributed by atoms with Crippen molar-refractivity contribution < 1.29 is 18.3 Å². The summed E-state index contributed by atoms with van der Waals surface area (Å²) in [4.78, 5) is 11.4. The lowest BCUT2D eigenvalue weighted by atomic mass is 10.3. The van der Waals surface area contributed by atoms with Gasteiger partial charge in [-0.3, -0.25) is 4.79 Å². The van der Waals surface area contributed by atoms with Crippen molar-refractivity contribution in [2.75, 3.05) is 5.75 Å². The first kappa shape index (κ1) is 13.0. The fraction of sp³-hybridized carbons (Fsp3) is 0.364. The summed E-state index contributed by atoms with van der Waals surface area (Å²) < 4.78 is 30.6. The SMILES string of the molecule is CC(C)OC(=O)CSc1ccc(F)cc1F. The lowest BCUT2D eigenvalue weighted by Crippen LogP contribution is -2.13. The Morgan fingerprint density at radius 1 is 1.44 bits per heavy atom. The van der Waals surface area contributed by atoms with Gasteiger partial charge in [-0.05, 0) is 26.0 Å². The first-order chi connectivity index (χ1) is 7.49. The summed E-state index contributed by atoms with van der Waals surface area (Å²) in [6.45, 7) is 3.47. The van der Waals surface area contributed by atoms with Crippen molar-refractivity contribution in [3.05, 3.63) is 29.8 Å². The Kier molecular flexibility index (Phi) is 4.73. The number of hydrogen-bond acceptors (Lipinski definition) is 3. The lowest BCUT2D eigenvalue weighted by molar-refractivity contribution is -0.144. The zero-order valence-electron chi connectivity index (χ0n) is 9.00. The minimum atomic E-state index is -0.664. The zero-order valence-corrected chi connectivity index (χ0v) is 9.81. The predicted octanol–water partition coefficient (Wildman–Crippen LogP) is 3.01. The number of carbonyl (C=O) groups excluding carboxylic acids is 1. The summed E-state index contributed by atoms with van der Waals surface area (Å²) in [5, 5.41) is 0. The van der Waals surface area contributed by atoms with Gasteiger partial charge < -0.3 is 4.74 Å². The van der Waals surface area contributed by atoms with Crippen LogP contribution in [0.25, 0.3) is 0 Å². The van der Waals surface area contributed by atoms with E-state index >= 15 is 0 Å². The highest BCUT2D eigenvalue weighted by atomic mass is 32.2. The van der Waals surface area contributed by atoms with Crippen LogP contribution in [0.1, 0.15) is 13.8 Å². The molecule has 2 nitrogen and oxygen atoms in total. The van der Waals surface area contributed by atoms with Gasteiger partial charge in [0, 0.05) is 11.0 Å². The molecule has 0 saturated heterocycles. The first-order valence-electron chi connectivity index (χ1n) is 4.76. The van der Waals surface area contributed by atoms with E-state index in [4.69, 9.17) is 4.74 Å². The van der Waals surface area contributed by atoms with Crippen molar-refractivity contribution in [1.82, 2.24) is 0 Å². The van der Waals surface area contributed by atoms with Gasteiger partial charge in [-0.15, -0.1) is 11.8 Å². The van der Waals surface area contributed by atoms with Gasteiger partial charge in [0.15, 0.2) is 0 Å². The standard InChI is InChI=1S/C11H12F2O2S/c1-7(2)15-11(14)6-16-10-4-3-8(12)5-9(10)13/h3-5,7H,6H2,1-2H3. The Morgan fingerprint density at radius 2 is 2.12 bits per heavy atom. The highest BCUT2D eigenvalue weighted by molar-refractivity contribution is 8.00. The van der Waals surface area contributed by atoms with Crippen LogP contribution in [-0.2, 0) is 9.53 Å². The van der Waals surface area contributed by atoms with E-state index in [1.54, 1.807) is 13.8 Å². The number of rotatable bonds is 4. The Bertz CT molecular complexity index is 380. The fourth-order valence-electron chi connectivity index (χ4n) is 1.03. The number of thioether (sulfide) groups is 1. The van der Waals surface area contributed by atoms with Crippen LogP contribution in [0.2, 0.25) is 0 Å². The van der Waals surface area contributed by atoms with Crippen molar-refractivity contribution in [1.29, 1.82) is 0 Å². The molecule has 0 saturated carbocycles. The molecule has 0 N–H and O–H groups in total. The third-order valence-corrected chi connectivity index (χ3v) is 2.63. The molecule has 0 amide bonds. The molecule has 5 heteroatoms. The van der Waals surface area contributed by atoms with E-state index in [-0.39, 0.29) is 16.8 Å². The summed E-state index contributed by atoms with van der Waals surface area (Å²) in [5.74, 6) is -1.70. The van der Waals surface area contributed by atoms with Crippen LogP contribution in [-0.4, -0.2) is 17.8 Å². The van der Waals surface area contributed by atoms with Crippen molar-refractivity contribution in [3.63, 3.8) is 0 Å². The van der Waals surface area contributed by atoms with Gasteiger partial charge in [0.2, 0.25) is 0 Å². The van der Waals surface area contributed by atoms with Gasteiger partial charge in [-0.25, -0.2) is 8.78 Å². The third-order valence-electron chi connectivity index (χ3n) is 1.61. The third kappa shape index (κ3) is 4.18. The molecule has 0 aromatic heterocycles. The van der Waals surface area contributed by atoms with Crippen LogP contribution < -0.4 is 0 Å². The highest BCUT2D eigenvalue weighted by Gasteiger charge is 2.09. The summed E-state index contributed by atoms with van der Waals surface area (Å²) in [5.41, 5.74) is 0. The molecule has 0 radical (unpaired) electrons. The monoisotopic (exact) mass is 246 g/mol. The molecular formula is C11H12F2O2S. The summed E-state index contributed by atoms with van der Waals surface area (Å²) in [7, 11) is 0. The van der Waals surface area contributed by atoms with Gasteiger partial charge >= 0.3 is 5.97 Å². The maximum atomic E-state index is 13.2. The number of benzene rings is 1. The van der Waals surface area contributed by atoms with E-state index in [0.29, 0.717) is 0 Å². The van der Waals surface area contributed by atoms with E-state index in [1.165, 1.54) is 6.07 Å². The summed E-state index contributed by atoms with van der Waals surface area (Å²) in [6.07, 6.45) is -0.189. The normalized spacial score (nSPS) is 10.6. The minimum Gasteiger partial charge on any atom is -0.462 e. The maximum Gasteiger partial charge on any atom is 0.316 e. The second-order valence-corrected chi connectivity index (χ2v) is 4.42. The Morgan fingerprint density at radius 3 is 2.69 bits per heavy atom. The fourth-order valence-corrected chi connectivity index (χ4v) is 1.73. The molecule has 0 unspecified atom stereocenters. The van der Waals surface area contributed by atoms with Gasteiger partial charge in [0.25, 0.3) is 0 Å². The molecular weight excluding hydrogens is 234 g/mol. The summed E-state index contributed by atoms with van der Waals surface area (Å²) >= 11 is 0.990. The number of ether oxygens (including phenoxy) is 1. The highest BCUT2D eigenvalue weighted by Crippen LogP contribution is 2.22. The second kappa shape index (κ2) is 5.84. The van der Waals surface area contributed by atoms with E-state index < -0.39 is 17.6 Å². The molecule has 0 spiro atoms. The van der Waals surface area contributed by atoms with E-state index in [2.05, 4.69) is 0 Å². The molecule has 1 aromatic rings. The van der Waals surface area contributed by atoms with Crippen molar-refractivity contribution >= 4 is 17.7 Å². The van der Waals surface area contributed by atoms with Crippen LogP contribution >= 0.6 is 11.8 Å². The van der Waals surface area contributed by atoms with E-state index in [9.17, 15) is 13.6 Å². The van der Waals surface area contributed by atoms with Crippen molar-refractivity contribution in [2.24, 2.45) is 0 Å². The Labute approximate surface area is 97.0 Å². The molecule has 88 valence electrons. The van der Waals surface area contributed by atoms with E-state index in [1.807, 2.05) is 0 Å². The molecule has 0 aliphatic heterocycles. The number of hydrogen-bond donors (Lipinski definition) is 0. The molecule has 0 atom stereocenters. The molecule has 0 bridgehead atoms. The van der Waals surface area contributed by atoms with Crippen LogP contribution in [0.3, 0.4) is 0 Å².